The van der Waals surface area contributed by atoms with Crippen LogP contribution in [0.3, 0.4) is 0 Å². The Labute approximate surface area is 53.7 Å². The summed E-state index contributed by atoms with van der Waals surface area (Å²) in [6.07, 6.45) is 3.72. The summed E-state index contributed by atoms with van der Waals surface area (Å²) in [5.41, 5.74) is 0. The van der Waals surface area contributed by atoms with Crippen molar-refractivity contribution in [3.05, 3.63) is 24.6 Å². The lowest BCUT2D eigenvalue weighted by Crippen LogP contribution is -1.79. The molecule has 9 heavy (non-hydrogen) atoms. The molecule has 3 nitrogen and oxygen atoms in total. The molecule has 0 aliphatic heterocycles. The van der Waals surface area contributed by atoms with Crippen molar-refractivity contribution in [1.82, 2.24) is 0 Å². The average Bonchev–Trinajstić information content (AvgIpc) is 1.89. The minimum Gasteiger partial charge on any atom is -0.506 e. The Balaban J connectivity index is 3.68. The Kier molecular flexibility index (Phi) is 4.44. The normalized spacial score (nSPS) is 12.3. The molecule has 50 valence electrons. The van der Waals surface area contributed by atoms with E-state index in [2.05, 4.69) is 11.6 Å². The highest BCUT2D eigenvalue weighted by Gasteiger charge is 1.75. The summed E-state index contributed by atoms with van der Waals surface area (Å²) < 4.78 is 0. The van der Waals surface area contributed by atoms with Gasteiger partial charge in [-0.05, 0) is 6.08 Å². The van der Waals surface area contributed by atoms with Crippen LogP contribution in [0.2, 0.25) is 0 Å². The van der Waals surface area contributed by atoms with Crippen molar-refractivity contribution < 1.29 is 10.2 Å². The van der Waals surface area contributed by atoms with Gasteiger partial charge in [0.2, 0.25) is 0 Å². The van der Waals surface area contributed by atoms with Gasteiger partial charge in [0.15, 0.2) is 0 Å². The first-order chi connectivity index (χ1) is 4.31. The summed E-state index contributed by atoms with van der Waals surface area (Å²) in [7, 11) is 0. The SMILES string of the molecule is C=C/C(O)=C\N=CCO. The maximum absolute atomic E-state index is 8.63. The van der Waals surface area contributed by atoms with Gasteiger partial charge in [-0.25, -0.2) is 0 Å². The molecule has 0 radical (unpaired) electrons. The first-order valence-electron chi connectivity index (χ1n) is 2.45. The Hall–Kier alpha value is -1.09. The molecule has 0 aromatic rings. The lowest BCUT2D eigenvalue weighted by atomic mass is 10.5. The summed E-state index contributed by atoms with van der Waals surface area (Å²) in [6, 6.07) is 0. The van der Waals surface area contributed by atoms with Crippen LogP contribution in [0.5, 0.6) is 0 Å². The van der Waals surface area contributed by atoms with Gasteiger partial charge in [0.25, 0.3) is 0 Å². The molecule has 0 fully saturated rings. The monoisotopic (exact) mass is 127 g/mol. The number of aliphatic imine (C=N–C) groups is 1. The van der Waals surface area contributed by atoms with Crippen LogP contribution in [0.4, 0.5) is 0 Å². The number of allylic oxidation sites excluding steroid dienone is 1. The van der Waals surface area contributed by atoms with E-state index in [1.165, 1.54) is 18.5 Å². The second kappa shape index (κ2) is 5.05. The van der Waals surface area contributed by atoms with E-state index >= 15 is 0 Å². The summed E-state index contributed by atoms with van der Waals surface area (Å²) >= 11 is 0. The van der Waals surface area contributed by atoms with Gasteiger partial charge in [0.1, 0.15) is 5.76 Å². The number of aliphatic hydroxyl groups is 2. The van der Waals surface area contributed by atoms with Gasteiger partial charge in [-0.3, -0.25) is 4.99 Å². The van der Waals surface area contributed by atoms with Gasteiger partial charge >= 0.3 is 0 Å². The highest BCUT2D eigenvalue weighted by Crippen LogP contribution is 1.86. The largest absolute Gasteiger partial charge is 0.506 e. The standard InChI is InChI=1S/C6H9NO2/c1-2-6(9)5-7-3-4-8/h2-3,5,8-9H,1,4H2/b6-5+,7-3?. The Morgan fingerprint density at radius 2 is 2.33 bits per heavy atom. The summed E-state index contributed by atoms with van der Waals surface area (Å²) in [5, 5.41) is 16.8. The van der Waals surface area contributed by atoms with E-state index in [9.17, 15) is 0 Å². The fourth-order valence-corrected chi connectivity index (χ4v) is 0.229. The van der Waals surface area contributed by atoms with E-state index in [4.69, 9.17) is 10.2 Å². The fraction of sp³-hybridized carbons (Fsp3) is 0.167. The van der Waals surface area contributed by atoms with Crippen molar-refractivity contribution in [2.75, 3.05) is 6.61 Å². The van der Waals surface area contributed by atoms with E-state index < -0.39 is 0 Å². The average molecular weight is 127 g/mol. The summed E-state index contributed by atoms with van der Waals surface area (Å²) in [5.74, 6) is -0.0142. The van der Waals surface area contributed by atoms with Crippen molar-refractivity contribution in [2.45, 2.75) is 0 Å². The van der Waals surface area contributed by atoms with Crippen LogP contribution in [0.1, 0.15) is 0 Å². The molecule has 0 aromatic heterocycles. The highest BCUT2D eigenvalue weighted by atomic mass is 16.3. The molecule has 0 saturated heterocycles. The van der Waals surface area contributed by atoms with Crippen molar-refractivity contribution in [3.8, 4) is 0 Å². The molecule has 0 rings (SSSR count). The van der Waals surface area contributed by atoms with Crippen molar-refractivity contribution in [3.63, 3.8) is 0 Å². The molecule has 0 aliphatic carbocycles. The first kappa shape index (κ1) is 7.91. The van der Waals surface area contributed by atoms with Gasteiger partial charge in [0, 0.05) is 6.21 Å². The van der Waals surface area contributed by atoms with Crippen LogP contribution >= 0.6 is 0 Å². The molecule has 0 spiro atoms. The van der Waals surface area contributed by atoms with Gasteiger partial charge in [-0.1, -0.05) is 6.58 Å². The molecule has 0 unspecified atom stereocenters. The van der Waals surface area contributed by atoms with Gasteiger partial charge in [0.05, 0.1) is 12.8 Å². The predicted molar refractivity (Wildman–Crippen MR) is 36.5 cm³/mol. The summed E-state index contributed by atoms with van der Waals surface area (Å²) in [4.78, 5) is 3.50. The zero-order valence-electron chi connectivity index (χ0n) is 4.99. The van der Waals surface area contributed by atoms with Crippen molar-refractivity contribution in [1.29, 1.82) is 0 Å². The Morgan fingerprint density at radius 3 is 2.78 bits per heavy atom. The highest BCUT2D eigenvalue weighted by molar-refractivity contribution is 5.58. The number of hydrogen-bond donors (Lipinski definition) is 2. The van der Waals surface area contributed by atoms with E-state index in [0.717, 1.165) is 0 Å². The summed E-state index contributed by atoms with van der Waals surface area (Å²) in [6.45, 7) is 3.16. The van der Waals surface area contributed by atoms with Crippen LogP contribution < -0.4 is 0 Å². The van der Waals surface area contributed by atoms with Gasteiger partial charge in [-0.15, -0.1) is 0 Å². The van der Waals surface area contributed by atoms with Crippen molar-refractivity contribution in [2.24, 2.45) is 4.99 Å². The van der Waals surface area contributed by atoms with E-state index in [1.54, 1.807) is 0 Å². The fourth-order valence-electron chi connectivity index (χ4n) is 0.229. The molecule has 0 amide bonds. The zero-order valence-corrected chi connectivity index (χ0v) is 4.99. The Morgan fingerprint density at radius 1 is 1.67 bits per heavy atom. The second-order valence-electron chi connectivity index (χ2n) is 1.27. The topological polar surface area (TPSA) is 52.8 Å². The lowest BCUT2D eigenvalue weighted by molar-refractivity contribution is 0.361. The molecular formula is C6H9NO2. The van der Waals surface area contributed by atoms with Crippen LogP contribution in [-0.4, -0.2) is 23.0 Å². The first-order valence-corrected chi connectivity index (χ1v) is 2.45. The molecule has 0 bridgehead atoms. The van der Waals surface area contributed by atoms with Gasteiger partial charge in [-0.2, -0.15) is 0 Å². The van der Waals surface area contributed by atoms with Crippen LogP contribution in [0.15, 0.2) is 29.6 Å². The molecule has 2 N–H and O–H groups in total. The van der Waals surface area contributed by atoms with Crippen LogP contribution in [-0.2, 0) is 0 Å². The van der Waals surface area contributed by atoms with Crippen molar-refractivity contribution >= 4 is 6.21 Å². The predicted octanol–water partition coefficient (Wildman–Crippen LogP) is 0.635. The van der Waals surface area contributed by atoms with Gasteiger partial charge < -0.3 is 10.2 Å². The molecule has 0 saturated carbocycles. The third-order valence-corrected chi connectivity index (χ3v) is 0.603. The molecule has 3 heteroatoms. The Bertz CT molecular complexity index is 138. The minimum absolute atomic E-state index is 0.0142. The molecule has 0 atom stereocenters. The second-order valence-corrected chi connectivity index (χ2v) is 1.27. The third-order valence-electron chi connectivity index (χ3n) is 0.603. The van der Waals surface area contributed by atoms with E-state index in [0.29, 0.717) is 0 Å². The van der Waals surface area contributed by atoms with Crippen LogP contribution in [0.25, 0.3) is 0 Å². The zero-order chi connectivity index (χ0) is 7.11. The minimum atomic E-state index is -0.124. The quantitative estimate of drug-likeness (QED) is 0.332. The molecule has 0 heterocycles. The maximum atomic E-state index is 8.63. The molecule has 0 aliphatic rings. The lowest BCUT2D eigenvalue weighted by Gasteiger charge is -1.82. The van der Waals surface area contributed by atoms with Crippen LogP contribution in [0, 0.1) is 0 Å². The van der Waals surface area contributed by atoms with E-state index in [1.807, 2.05) is 0 Å². The number of hydrogen-bond acceptors (Lipinski definition) is 3. The number of aliphatic hydroxyl groups excluding tert-OH is 2. The maximum Gasteiger partial charge on any atom is 0.133 e. The number of nitrogens with zero attached hydrogens (tertiary/aromatic N) is 1. The third kappa shape index (κ3) is 4.77. The molecule has 0 aromatic carbocycles. The van der Waals surface area contributed by atoms with E-state index in [-0.39, 0.29) is 12.4 Å². The molecular weight excluding hydrogens is 118 g/mol. The smallest absolute Gasteiger partial charge is 0.133 e. The number of rotatable bonds is 3.